The third-order valence-electron chi connectivity index (χ3n) is 3.49. The molecule has 0 bridgehead atoms. The molecule has 0 saturated heterocycles. The molecule has 1 unspecified atom stereocenters. The van der Waals surface area contributed by atoms with E-state index < -0.39 is 29.1 Å². The molecule has 1 amide bonds. The third kappa shape index (κ3) is 4.96. The molecule has 6 nitrogen and oxygen atoms in total. The molecule has 1 aromatic carbocycles. The summed E-state index contributed by atoms with van der Waals surface area (Å²) >= 11 is 0. The number of esters is 1. The third-order valence-corrected chi connectivity index (χ3v) is 3.49. The standard InChI is InChI=1S/C17H26N2O4/c1-16(2,3)23-15(21)19-12-10-8-7-9-11(12)17(4,5)13(18)14(20)22-6/h7-10,13H,18H2,1-6H3,(H,19,21). The normalized spacial score (nSPS) is 13.2. The van der Waals surface area contributed by atoms with Crippen molar-refractivity contribution >= 4 is 17.7 Å². The molecule has 3 N–H and O–H groups in total. The molecule has 0 aromatic heterocycles. The fourth-order valence-electron chi connectivity index (χ4n) is 2.16. The molecule has 0 spiro atoms. The lowest BCUT2D eigenvalue weighted by molar-refractivity contribution is -0.143. The van der Waals surface area contributed by atoms with Gasteiger partial charge >= 0.3 is 12.1 Å². The Bertz CT molecular complexity index is 576. The molecule has 0 saturated carbocycles. The van der Waals surface area contributed by atoms with Crippen molar-refractivity contribution in [2.24, 2.45) is 5.73 Å². The van der Waals surface area contributed by atoms with Crippen molar-refractivity contribution in [3.63, 3.8) is 0 Å². The molecule has 0 fully saturated rings. The van der Waals surface area contributed by atoms with Gasteiger partial charge in [-0.1, -0.05) is 32.0 Å². The van der Waals surface area contributed by atoms with Gasteiger partial charge in [0.25, 0.3) is 0 Å². The zero-order valence-electron chi connectivity index (χ0n) is 14.6. The molecule has 0 heterocycles. The predicted molar refractivity (Wildman–Crippen MR) is 89.3 cm³/mol. The minimum atomic E-state index is -0.867. The Morgan fingerprint density at radius 3 is 2.22 bits per heavy atom. The summed E-state index contributed by atoms with van der Waals surface area (Å²) in [4.78, 5) is 23.8. The van der Waals surface area contributed by atoms with E-state index in [4.69, 9.17) is 15.2 Å². The fraction of sp³-hybridized carbons (Fsp3) is 0.529. The van der Waals surface area contributed by atoms with E-state index in [0.29, 0.717) is 5.69 Å². The Morgan fingerprint density at radius 2 is 1.70 bits per heavy atom. The number of rotatable bonds is 4. The Balaban J connectivity index is 3.10. The summed E-state index contributed by atoms with van der Waals surface area (Å²) in [6.07, 6.45) is -0.563. The van der Waals surface area contributed by atoms with Crippen molar-refractivity contribution in [3.8, 4) is 0 Å². The van der Waals surface area contributed by atoms with Crippen LogP contribution >= 0.6 is 0 Å². The van der Waals surface area contributed by atoms with Gasteiger partial charge < -0.3 is 15.2 Å². The number of nitrogens with two attached hydrogens (primary N) is 1. The minimum absolute atomic E-state index is 0.512. The van der Waals surface area contributed by atoms with Crippen LogP contribution in [-0.4, -0.2) is 30.8 Å². The van der Waals surface area contributed by atoms with Crippen LogP contribution in [0.2, 0.25) is 0 Å². The van der Waals surface area contributed by atoms with Crippen molar-refractivity contribution in [2.75, 3.05) is 12.4 Å². The molecule has 0 radical (unpaired) electrons. The second kappa shape index (κ2) is 7.00. The van der Waals surface area contributed by atoms with Gasteiger partial charge in [-0.25, -0.2) is 4.79 Å². The topological polar surface area (TPSA) is 90.6 Å². The van der Waals surface area contributed by atoms with Crippen LogP contribution in [0.5, 0.6) is 0 Å². The molecule has 23 heavy (non-hydrogen) atoms. The minimum Gasteiger partial charge on any atom is -0.468 e. The Kier molecular flexibility index (Phi) is 5.77. The van der Waals surface area contributed by atoms with Crippen LogP contribution in [-0.2, 0) is 19.7 Å². The average Bonchev–Trinajstić information content (AvgIpc) is 2.43. The summed E-state index contributed by atoms with van der Waals surface area (Å²) in [6.45, 7) is 9.01. The van der Waals surface area contributed by atoms with E-state index in [1.165, 1.54) is 7.11 Å². The number of ether oxygens (including phenoxy) is 2. The van der Waals surface area contributed by atoms with Crippen LogP contribution in [0.1, 0.15) is 40.2 Å². The first-order valence-electron chi connectivity index (χ1n) is 7.42. The average molecular weight is 322 g/mol. The van der Waals surface area contributed by atoms with Gasteiger partial charge in [0.1, 0.15) is 11.6 Å². The highest BCUT2D eigenvalue weighted by atomic mass is 16.6. The van der Waals surface area contributed by atoms with Crippen LogP contribution < -0.4 is 11.1 Å². The van der Waals surface area contributed by atoms with Crippen molar-refractivity contribution in [3.05, 3.63) is 29.8 Å². The van der Waals surface area contributed by atoms with Crippen LogP contribution in [0.3, 0.4) is 0 Å². The van der Waals surface area contributed by atoms with Gasteiger partial charge in [-0.05, 0) is 32.4 Å². The van der Waals surface area contributed by atoms with Crippen LogP contribution in [0.15, 0.2) is 24.3 Å². The summed E-state index contributed by atoms with van der Waals surface area (Å²) in [7, 11) is 1.29. The molecule has 1 aromatic rings. The van der Waals surface area contributed by atoms with E-state index in [1.54, 1.807) is 32.9 Å². The van der Waals surface area contributed by atoms with E-state index in [0.717, 1.165) is 5.56 Å². The first-order chi connectivity index (χ1) is 10.5. The second-order valence-electron chi connectivity index (χ2n) is 6.89. The van der Waals surface area contributed by atoms with Gasteiger partial charge in [0.15, 0.2) is 0 Å². The Labute approximate surface area is 137 Å². The fourth-order valence-corrected chi connectivity index (χ4v) is 2.16. The maximum Gasteiger partial charge on any atom is 0.412 e. The van der Waals surface area contributed by atoms with Gasteiger partial charge in [0, 0.05) is 11.1 Å². The molecule has 0 aliphatic carbocycles. The Hall–Kier alpha value is -2.08. The van der Waals surface area contributed by atoms with Crippen molar-refractivity contribution in [1.29, 1.82) is 0 Å². The predicted octanol–water partition coefficient (Wildman–Crippen LogP) is 2.81. The molecule has 0 aliphatic heterocycles. The molecule has 1 atom stereocenters. The number of methoxy groups -OCH3 is 1. The smallest absolute Gasteiger partial charge is 0.412 e. The lowest BCUT2D eigenvalue weighted by atomic mass is 9.77. The zero-order chi connectivity index (χ0) is 17.8. The summed E-state index contributed by atoms with van der Waals surface area (Å²) in [6, 6.07) is 6.30. The zero-order valence-corrected chi connectivity index (χ0v) is 14.6. The maximum atomic E-state index is 12.0. The van der Waals surface area contributed by atoms with Gasteiger partial charge in [0.05, 0.1) is 7.11 Å². The molecule has 6 heteroatoms. The number of anilines is 1. The van der Waals surface area contributed by atoms with Crippen molar-refractivity contribution < 1.29 is 19.1 Å². The summed E-state index contributed by atoms with van der Waals surface area (Å²) in [5.74, 6) is -0.512. The molecule has 128 valence electrons. The van der Waals surface area contributed by atoms with E-state index in [2.05, 4.69) is 5.32 Å². The van der Waals surface area contributed by atoms with Crippen molar-refractivity contribution in [1.82, 2.24) is 0 Å². The number of hydrogen-bond acceptors (Lipinski definition) is 5. The van der Waals surface area contributed by atoms with E-state index >= 15 is 0 Å². The van der Waals surface area contributed by atoms with E-state index in [9.17, 15) is 9.59 Å². The SMILES string of the molecule is COC(=O)C(N)C(C)(C)c1ccccc1NC(=O)OC(C)(C)C. The number of benzene rings is 1. The highest BCUT2D eigenvalue weighted by molar-refractivity contribution is 5.87. The number of carbonyl (C=O) groups is 2. The highest BCUT2D eigenvalue weighted by Crippen LogP contribution is 2.33. The first kappa shape index (κ1) is 19.0. The molecule has 1 rings (SSSR count). The first-order valence-corrected chi connectivity index (χ1v) is 7.42. The number of carbonyl (C=O) groups excluding carboxylic acids is 2. The summed E-state index contributed by atoms with van der Waals surface area (Å²) < 4.78 is 10.00. The summed E-state index contributed by atoms with van der Waals surface area (Å²) in [5, 5.41) is 2.72. The maximum absolute atomic E-state index is 12.0. The van der Waals surface area contributed by atoms with Gasteiger partial charge in [-0.2, -0.15) is 0 Å². The summed E-state index contributed by atoms with van der Waals surface area (Å²) in [5.41, 5.74) is 5.96. The number of amides is 1. The van der Waals surface area contributed by atoms with Gasteiger partial charge in [-0.3, -0.25) is 10.1 Å². The lowest BCUT2D eigenvalue weighted by Crippen LogP contribution is -2.47. The van der Waals surface area contributed by atoms with Crippen LogP contribution in [0.25, 0.3) is 0 Å². The molecular formula is C17H26N2O4. The van der Waals surface area contributed by atoms with Crippen LogP contribution in [0.4, 0.5) is 10.5 Å². The molecular weight excluding hydrogens is 296 g/mol. The van der Waals surface area contributed by atoms with Gasteiger partial charge in [-0.15, -0.1) is 0 Å². The largest absolute Gasteiger partial charge is 0.468 e. The lowest BCUT2D eigenvalue weighted by Gasteiger charge is -2.32. The van der Waals surface area contributed by atoms with E-state index in [-0.39, 0.29) is 0 Å². The number of hydrogen-bond donors (Lipinski definition) is 2. The monoisotopic (exact) mass is 322 g/mol. The van der Waals surface area contributed by atoms with Crippen LogP contribution in [0, 0.1) is 0 Å². The van der Waals surface area contributed by atoms with Gasteiger partial charge in [0.2, 0.25) is 0 Å². The Morgan fingerprint density at radius 1 is 1.13 bits per heavy atom. The molecule has 0 aliphatic rings. The second-order valence-corrected chi connectivity index (χ2v) is 6.89. The number of para-hydroxylation sites is 1. The highest BCUT2D eigenvalue weighted by Gasteiger charge is 2.36. The number of nitrogens with one attached hydrogen (secondary N) is 1. The van der Waals surface area contributed by atoms with Crippen molar-refractivity contribution in [2.45, 2.75) is 51.7 Å². The van der Waals surface area contributed by atoms with E-state index in [1.807, 2.05) is 26.0 Å². The quantitative estimate of drug-likeness (QED) is 0.832.